The number of amides is 2. The molecular formula is C11H12N4O4. The smallest absolute Gasteiger partial charge is 0.354 e. The summed E-state index contributed by atoms with van der Waals surface area (Å²) in [5, 5.41) is 15.1. The lowest BCUT2D eigenvalue weighted by Crippen LogP contribution is -2.33. The number of hydrogen-bond acceptors (Lipinski definition) is 4. The Morgan fingerprint density at radius 1 is 1.42 bits per heavy atom. The SMILES string of the molecule is Cc1cc(NC(=O)C2=NNC(=O)CC2)c(C(=O)O)[nH]1. The van der Waals surface area contributed by atoms with Crippen LogP contribution in [0.4, 0.5) is 5.69 Å². The van der Waals surface area contributed by atoms with Gasteiger partial charge in [0.05, 0.1) is 5.69 Å². The minimum absolute atomic E-state index is 0.0914. The van der Waals surface area contributed by atoms with Gasteiger partial charge in [-0.3, -0.25) is 9.59 Å². The van der Waals surface area contributed by atoms with Gasteiger partial charge in [0.2, 0.25) is 5.91 Å². The molecule has 1 aliphatic rings. The van der Waals surface area contributed by atoms with Crippen LogP contribution < -0.4 is 10.7 Å². The van der Waals surface area contributed by atoms with Crippen molar-refractivity contribution in [3.8, 4) is 0 Å². The van der Waals surface area contributed by atoms with Crippen molar-refractivity contribution in [2.24, 2.45) is 5.10 Å². The van der Waals surface area contributed by atoms with E-state index in [9.17, 15) is 14.4 Å². The third kappa shape index (κ3) is 2.79. The van der Waals surface area contributed by atoms with Crippen LogP contribution >= 0.6 is 0 Å². The summed E-state index contributed by atoms with van der Waals surface area (Å²) in [5.41, 5.74) is 3.07. The first-order valence-corrected chi connectivity index (χ1v) is 5.57. The maximum Gasteiger partial charge on any atom is 0.354 e. The van der Waals surface area contributed by atoms with Crippen LogP contribution in [0.2, 0.25) is 0 Å². The zero-order valence-electron chi connectivity index (χ0n) is 10.1. The highest BCUT2D eigenvalue weighted by Gasteiger charge is 2.21. The first kappa shape index (κ1) is 12.8. The number of anilines is 1. The maximum atomic E-state index is 11.9. The molecule has 8 heteroatoms. The number of hydrogen-bond donors (Lipinski definition) is 4. The summed E-state index contributed by atoms with van der Waals surface area (Å²) in [7, 11) is 0. The fraction of sp³-hybridized carbons (Fsp3) is 0.273. The van der Waals surface area contributed by atoms with E-state index in [1.165, 1.54) is 6.07 Å². The van der Waals surface area contributed by atoms with Crippen molar-refractivity contribution in [3.05, 3.63) is 17.5 Å². The molecular weight excluding hydrogens is 252 g/mol. The highest BCUT2D eigenvalue weighted by atomic mass is 16.4. The van der Waals surface area contributed by atoms with Crippen LogP contribution in [0.1, 0.15) is 29.0 Å². The lowest BCUT2D eigenvalue weighted by atomic mass is 10.1. The van der Waals surface area contributed by atoms with Gasteiger partial charge in [-0.1, -0.05) is 0 Å². The summed E-state index contributed by atoms with van der Waals surface area (Å²) >= 11 is 0. The van der Waals surface area contributed by atoms with E-state index >= 15 is 0 Å². The molecule has 0 saturated carbocycles. The molecule has 0 radical (unpaired) electrons. The molecule has 2 amide bonds. The number of aryl methyl sites for hydroxylation is 1. The predicted molar refractivity (Wildman–Crippen MR) is 65.9 cm³/mol. The normalized spacial score (nSPS) is 14.6. The third-order valence-electron chi connectivity index (χ3n) is 2.58. The van der Waals surface area contributed by atoms with Crippen molar-refractivity contribution in [3.63, 3.8) is 0 Å². The zero-order chi connectivity index (χ0) is 14.0. The maximum absolute atomic E-state index is 11.9. The van der Waals surface area contributed by atoms with Crippen LogP contribution in [0, 0.1) is 6.92 Å². The number of carbonyl (C=O) groups is 3. The minimum atomic E-state index is -1.16. The Morgan fingerprint density at radius 2 is 2.16 bits per heavy atom. The Balaban J connectivity index is 2.15. The number of aromatic amines is 1. The molecule has 0 unspecified atom stereocenters. The number of aromatic nitrogens is 1. The fourth-order valence-corrected chi connectivity index (χ4v) is 1.69. The van der Waals surface area contributed by atoms with Crippen molar-refractivity contribution in [2.75, 3.05) is 5.32 Å². The van der Waals surface area contributed by atoms with Gasteiger partial charge in [0, 0.05) is 18.5 Å². The van der Waals surface area contributed by atoms with E-state index in [1.807, 2.05) is 0 Å². The number of carboxylic acid groups (broad SMARTS) is 1. The monoisotopic (exact) mass is 264 g/mol. The molecule has 1 aliphatic heterocycles. The molecule has 100 valence electrons. The van der Waals surface area contributed by atoms with Crippen LogP contribution in [0.15, 0.2) is 11.2 Å². The summed E-state index contributed by atoms with van der Waals surface area (Å²) in [4.78, 5) is 36.4. The third-order valence-corrected chi connectivity index (χ3v) is 2.58. The van der Waals surface area contributed by atoms with Gasteiger partial charge in [0.25, 0.3) is 5.91 Å². The van der Waals surface area contributed by atoms with Crippen LogP contribution in [0.5, 0.6) is 0 Å². The molecule has 0 spiro atoms. The first-order valence-electron chi connectivity index (χ1n) is 5.57. The van der Waals surface area contributed by atoms with E-state index in [0.29, 0.717) is 5.69 Å². The van der Waals surface area contributed by atoms with Crippen molar-refractivity contribution >= 4 is 29.2 Å². The Morgan fingerprint density at radius 3 is 2.74 bits per heavy atom. The van der Waals surface area contributed by atoms with Crippen molar-refractivity contribution in [2.45, 2.75) is 19.8 Å². The predicted octanol–water partition coefficient (Wildman–Crippen LogP) is 0.226. The summed E-state index contributed by atoms with van der Waals surface area (Å²) in [6.45, 7) is 1.68. The number of carboxylic acids is 1. The van der Waals surface area contributed by atoms with Crippen molar-refractivity contribution in [1.82, 2.24) is 10.4 Å². The number of H-pyrrole nitrogens is 1. The van der Waals surface area contributed by atoms with Gasteiger partial charge in [0.1, 0.15) is 11.4 Å². The van der Waals surface area contributed by atoms with Gasteiger partial charge in [0.15, 0.2) is 0 Å². The summed E-state index contributed by atoms with van der Waals surface area (Å²) in [6.07, 6.45) is 0.410. The quantitative estimate of drug-likeness (QED) is 0.623. The second kappa shape index (κ2) is 4.92. The van der Waals surface area contributed by atoms with E-state index in [0.717, 1.165) is 0 Å². The van der Waals surface area contributed by atoms with E-state index in [1.54, 1.807) is 6.92 Å². The summed E-state index contributed by atoms with van der Waals surface area (Å²) in [5.74, 6) is -1.94. The molecule has 1 aromatic heterocycles. The lowest BCUT2D eigenvalue weighted by molar-refractivity contribution is -0.121. The number of hydrazone groups is 1. The fourth-order valence-electron chi connectivity index (χ4n) is 1.69. The number of carbonyl (C=O) groups excluding carboxylic acids is 2. The number of rotatable bonds is 3. The Bertz CT molecular complexity index is 588. The highest BCUT2D eigenvalue weighted by molar-refractivity contribution is 6.43. The molecule has 2 rings (SSSR count). The molecule has 0 saturated heterocycles. The summed E-state index contributed by atoms with van der Waals surface area (Å²) < 4.78 is 0. The first-order chi connectivity index (χ1) is 8.97. The highest BCUT2D eigenvalue weighted by Crippen LogP contribution is 2.17. The standard InChI is InChI=1S/C11H12N4O4/c1-5-4-7(9(12-5)11(18)19)13-10(17)6-2-3-8(16)15-14-6/h4,12H,2-3H2,1H3,(H,13,17)(H,15,16)(H,18,19). The number of nitrogens with one attached hydrogen (secondary N) is 3. The Kier molecular flexibility index (Phi) is 3.32. The second-order valence-electron chi connectivity index (χ2n) is 4.09. The van der Waals surface area contributed by atoms with Gasteiger partial charge < -0.3 is 15.4 Å². The van der Waals surface area contributed by atoms with E-state index in [-0.39, 0.29) is 35.8 Å². The van der Waals surface area contributed by atoms with Crippen LogP contribution in [0.25, 0.3) is 0 Å². The van der Waals surface area contributed by atoms with Gasteiger partial charge in [-0.2, -0.15) is 5.10 Å². The average Bonchev–Trinajstić information content (AvgIpc) is 2.71. The second-order valence-corrected chi connectivity index (χ2v) is 4.09. The lowest BCUT2D eigenvalue weighted by Gasteiger charge is -2.11. The van der Waals surface area contributed by atoms with Crippen LogP contribution in [-0.2, 0) is 9.59 Å². The molecule has 0 atom stereocenters. The minimum Gasteiger partial charge on any atom is -0.477 e. The van der Waals surface area contributed by atoms with Crippen LogP contribution in [0.3, 0.4) is 0 Å². The molecule has 0 bridgehead atoms. The molecule has 1 aromatic rings. The van der Waals surface area contributed by atoms with Gasteiger partial charge in [-0.25, -0.2) is 10.2 Å². The molecule has 0 aliphatic carbocycles. The van der Waals surface area contributed by atoms with Gasteiger partial charge >= 0.3 is 5.97 Å². The Labute approximate surface area is 107 Å². The molecule has 0 aromatic carbocycles. The molecule has 19 heavy (non-hydrogen) atoms. The van der Waals surface area contributed by atoms with Gasteiger partial charge in [-0.05, 0) is 13.0 Å². The molecule has 0 fully saturated rings. The average molecular weight is 264 g/mol. The topological polar surface area (TPSA) is 124 Å². The van der Waals surface area contributed by atoms with Crippen LogP contribution in [-0.4, -0.2) is 33.6 Å². The zero-order valence-corrected chi connectivity index (χ0v) is 10.1. The number of nitrogens with zero attached hydrogens (tertiary/aromatic N) is 1. The van der Waals surface area contributed by atoms with Crippen molar-refractivity contribution < 1.29 is 19.5 Å². The molecule has 2 heterocycles. The largest absolute Gasteiger partial charge is 0.477 e. The Hall–Kier alpha value is -2.64. The van der Waals surface area contributed by atoms with E-state index in [4.69, 9.17) is 5.11 Å². The molecule has 8 nitrogen and oxygen atoms in total. The summed E-state index contributed by atoms with van der Waals surface area (Å²) in [6, 6.07) is 1.52. The number of aromatic carboxylic acids is 1. The van der Waals surface area contributed by atoms with E-state index < -0.39 is 11.9 Å². The molecule has 4 N–H and O–H groups in total. The van der Waals surface area contributed by atoms with Crippen molar-refractivity contribution in [1.29, 1.82) is 0 Å². The van der Waals surface area contributed by atoms with E-state index in [2.05, 4.69) is 20.8 Å². The van der Waals surface area contributed by atoms with Gasteiger partial charge in [-0.15, -0.1) is 0 Å².